The first-order valence-electron chi connectivity index (χ1n) is 2.54. The van der Waals surface area contributed by atoms with E-state index in [0.717, 1.165) is 0 Å². The average molecular weight is 380 g/mol. The third-order valence-corrected chi connectivity index (χ3v) is 1.08. The third kappa shape index (κ3) is 4.19. The molecule has 3 heteroatoms. The van der Waals surface area contributed by atoms with Crippen molar-refractivity contribution in [3.05, 3.63) is 0 Å². The maximum Gasteiger partial charge on any atom is 0.130 e. The molecule has 0 aromatic heterocycles. The molecule has 0 aliphatic heterocycles. The fourth-order valence-corrected chi connectivity index (χ4v) is 0.269. The Kier molecular flexibility index (Phi) is 5.17. The van der Waals surface area contributed by atoms with Gasteiger partial charge in [-0.25, -0.2) is 0 Å². The summed E-state index contributed by atoms with van der Waals surface area (Å²) in [5.41, 5.74) is 0. The number of hydrogen-bond acceptors (Lipinski definition) is 2. The minimum Gasteiger partial charge on any atom is -0.542 e. The molecule has 0 saturated heterocycles. The zero-order valence-electron chi connectivity index (χ0n) is 5.81. The second-order valence-corrected chi connectivity index (χ2v) is 1.86. The molecule has 0 N–H and O–H groups in total. The van der Waals surface area contributed by atoms with Crippen LogP contribution in [-0.4, -0.2) is 12.1 Å². The van der Waals surface area contributed by atoms with Gasteiger partial charge in [0.25, 0.3) is 0 Å². The van der Waals surface area contributed by atoms with E-state index in [1.54, 1.807) is 13.2 Å². The number of ketones is 1. The van der Waals surface area contributed by atoms with Gasteiger partial charge in [-0.3, -0.25) is 11.1 Å². The Hall–Kier alpha value is -1.66. The van der Waals surface area contributed by atoms with Crippen LogP contribution in [0.4, 0.5) is 0 Å². The molecule has 1 unspecified atom stereocenters. The molecule has 0 amide bonds. The van der Waals surface area contributed by atoms with Crippen molar-refractivity contribution in [3.63, 3.8) is 0 Å². The Labute approximate surface area is 48.9 Å². The van der Waals surface area contributed by atoms with Crippen LogP contribution in [-0.2, 0) is 9.59 Å². The molecule has 0 aliphatic rings. The summed E-state index contributed by atoms with van der Waals surface area (Å²) in [6, 6.07) is 0. The summed E-state index contributed by atoms with van der Waals surface area (Å²) < 4.78 is 0. The number of Topliss-reactive ketones (excluding diaryl/α,β-unsaturated/α-hetero) is 1. The van der Waals surface area contributed by atoms with E-state index >= 15 is 0 Å². The Balaban J connectivity index is 0. The number of rotatable bonds is 3. The molecule has 48 valence electrons. The van der Waals surface area contributed by atoms with Crippen LogP contribution in [0.3, 0.4) is 0 Å². The third-order valence-electron chi connectivity index (χ3n) is 1.08. The fourth-order valence-electron chi connectivity index (χ4n) is 0.269. The van der Waals surface area contributed by atoms with Crippen LogP contribution in [0.25, 0.3) is 0 Å². The zero-order valence-corrected chi connectivity index (χ0v) is 12.2. The Morgan fingerprint density at radius 2 is 2.11 bits per heavy atom. The molecule has 0 spiro atoms. The summed E-state index contributed by atoms with van der Waals surface area (Å²) in [4.78, 5) is 20.0. The van der Waals surface area contributed by atoms with Gasteiger partial charge in [-0.2, -0.15) is 0 Å². The molecule has 9 heavy (non-hydrogen) atoms. The van der Waals surface area contributed by atoms with Crippen molar-refractivity contribution in [1.29, 1.82) is 0 Å². The summed E-state index contributed by atoms with van der Waals surface area (Å²) in [6.45, 7) is 3.19. The largest absolute Gasteiger partial charge is 0.542 e. The van der Waals surface area contributed by atoms with Gasteiger partial charge in [0.05, 0.1) is 0 Å². The van der Waals surface area contributed by atoms with Gasteiger partial charge in [0.2, 0.25) is 0 Å². The quantitative estimate of drug-likeness (QED) is 0.677. The Morgan fingerprint density at radius 1 is 1.67 bits per heavy atom. The van der Waals surface area contributed by atoms with Crippen molar-refractivity contribution in [2.24, 2.45) is 5.92 Å². The van der Waals surface area contributed by atoms with Crippen LogP contribution in [0.1, 0.15) is 20.3 Å². The van der Waals surface area contributed by atoms with Gasteiger partial charge in [0.1, 0.15) is 5.78 Å². The van der Waals surface area contributed by atoms with Gasteiger partial charge in [-0.05, 0) is 12.8 Å². The van der Waals surface area contributed by atoms with E-state index in [1.807, 2.05) is 0 Å². The predicted molar refractivity (Wildman–Crippen MR) is 30.2 cm³/mol. The molecule has 0 heterocycles. The first-order chi connectivity index (χ1) is 3.68. The molecule has 0 rings (SSSR count). The molecule has 0 saturated carbocycles. The van der Waals surface area contributed by atoms with Gasteiger partial charge in [-0.15, -0.1) is 6.42 Å². The topological polar surface area (TPSA) is 34.1 Å². The molecule has 0 radical (unpaired) electrons. The first kappa shape index (κ1) is 10.3. The van der Waals surface area contributed by atoms with Gasteiger partial charge >= 0.3 is 0 Å². The summed E-state index contributed by atoms with van der Waals surface area (Å²) in [5.74, 6) is -0.0964. The van der Waals surface area contributed by atoms with Gasteiger partial charge < -0.3 is 4.79 Å². The van der Waals surface area contributed by atoms with Crippen molar-refractivity contribution in [3.8, 4) is 0 Å². The van der Waals surface area contributed by atoms with Crippen LogP contribution >= 0.6 is 0 Å². The minimum atomic E-state index is -0.146. The van der Waals surface area contributed by atoms with Gasteiger partial charge in [0.15, 0.2) is 0 Å². The molecule has 2 nitrogen and oxygen atoms in total. The van der Waals surface area contributed by atoms with Crippen molar-refractivity contribution < 1.29 is 9.59 Å². The normalized spacial score (nSPS) is 11.3. The van der Waals surface area contributed by atoms with E-state index in [-0.39, 0.29) is 18.1 Å². The Morgan fingerprint density at radius 3 is 2.22 bits per heavy atom. The van der Waals surface area contributed by atoms with Crippen molar-refractivity contribution in [2.75, 3.05) is 0 Å². The molecule has 0 fully saturated rings. The molecule has 0 aliphatic carbocycles. The summed E-state index contributed by atoms with van der Waals surface area (Å²) in [6.07, 6.45) is 1.91. The predicted octanol–water partition coefficient (Wildman–Crippen LogP) is 0.711. The monoisotopic (exact) mass is 380 g/mol. The number of carbonyl (C=O) groups excluding carboxylic acids is 2. The molecule has 0 bridgehead atoms. The minimum absolute atomic E-state index is 0. The Bertz CT molecular complexity index is 101. The SMILES string of the molecule is CC(=O)C(C)C[C-]=O.[Rf]. The fraction of sp³-hybridized carbons (Fsp3) is 0.667. The standard InChI is InChI=1S/C6H9O2.Rf/c1-5(3-4-7)6(2)8;/h5H,3H2,1-2H3;/q-1;. The van der Waals surface area contributed by atoms with Crippen LogP contribution in [0.2, 0.25) is 0 Å². The summed E-state index contributed by atoms with van der Waals surface area (Å²) >= 11 is 0. The van der Waals surface area contributed by atoms with Gasteiger partial charge in [-0.1, -0.05) is 6.92 Å². The smallest absolute Gasteiger partial charge is 0.130 e. The summed E-state index contributed by atoms with van der Waals surface area (Å²) in [5, 5.41) is 0. The zero-order chi connectivity index (χ0) is 6.57. The van der Waals surface area contributed by atoms with Crippen LogP contribution < -0.4 is 0 Å². The molecule has 0 aromatic carbocycles. The summed E-state index contributed by atoms with van der Waals surface area (Å²) in [7, 11) is 0. The molecular formula is C6H9O2Rf-. The maximum atomic E-state index is 10.4. The maximum absolute atomic E-state index is 10.4. The van der Waals surface area contributed by atoms with E-state index in [2.05, 4.69) is 0 Å². The van der Waals surface area contributed by atoms with E-state index < -0.39 is 0 Å². The molecule has 1 atom stereocenters. The van der Waals surface area contributed by atoms with E-state index in [4.69, 9.17) is 0 Å². The average Bonchev–Trinajstić information content (AvgIpc) is 1.67. The van der Waals surface area contributed by atoms with Crippen molar-refractivity contribution >= 4 is 12.1 Å². The first-order valence-corrected chi connectivity index (χ1v) is 2.54. The molecular weight excluding hydrogens is 371 g/mol. The number of carbonyl (C=O) groups is 1. The van der Waals surface area contributed by atoms with Crippen LogP contribution in [0, 0.1) is 5.92 Å². The molecule has 0 aromatic rings. The second kappa shape index (κ2) is 4.50. The van der Waals surface area contributed by atoms with E-state index in [0.29, 0.717) is 0 Å². The van der Waals surface area contributed by atoms with Crippen LogP contribution in [0.5, 0.6) is 0 Å². The van der Waals surface area contributed by atoms with E-state index in [1.165, 1.54) is 6.92 Å². The van der Waals surface area contributed by atoms with Gasteiger partial charge in [0, 0.05) is 0 Å². The van der Waals surface area contributed by atoms with Crippen LogP contribution in [0.15, 0.2) is 0 Å². The second-order valence-electron chi connectivity index (χ2n) is 1.86. The van der Waals surface area contributed by atoms with Crippen molar-refractivity contribution in [2.45, 2.75) is 20.3 Å². The van der Waals surface area contributed by atoms with E-state index in [9.17, 15) is 9.59 Å². The number of hydrogen-bond donors (Lipinski definition) is 0. The van der Waals surface area contributed by atoms with Crippen molar-refractivity contribution in [1.82, 2.24) is 0 Å².